The normalized spacial score (nSPS) is 13.4. The summed E-state index contributed by atoms with van der Waals surface area (Å²) in [4.78, 5) is 3.99. The highest BCUT2D eigenvalue weighted by atomic mass is 35.5. The van der Waals surface area contributed by atoms with Crippen LogP contribution in [0.5, 0.6) is 5.75 Å². The summed E-state index contributed by atoms with van der Waals surface area (Å²) in [6, 6.07) is 7.43. The number of hydrogen-bond acceptors (Lipinski definition) is 3. The van der Waals surface area contributed by atoms with Crippen LogP contribution < -0.4 is 10.5 Å². The van der Waals surface area contributed by atoms with Crippen LogP contribution in [0.25, 0.3) is 5.70 Å². The molecule has 0 bridgehead atoms. The molecule has 0 saturated carbocycles. The van der Waals surface area contributed by atoms with Gasteiger partial charge in [-0.25, -0.2) is 0 Å². The van der Waals surface area contributed by atoms with Crippen molar-refractivity contribution in [3.05, 3.63) is 34.9 Å². The molecular formula is C12H15ClN2O. The maximum absolute atomic E-state index is 6.09. The topological polar surface area (TPSA) is 47.6 Å². The molecule has 1 aromatic carbocycles. The zero-order valence-corrected chi connectivity index (χ0v) is 10.4. The molecule has 2 N–H and O–H groups in total. The van der Waals surface area contributed by atoms with Gasteiger partial charge in [0.25, 0.3) is 0 Å². The lowest BCUT2D eigenvalue weighted by Crippen LogP contribution is -2.04. The zero-order chi connectivity index (χ0) is 12.1. The van der Waals surface area contributed by atoms with Gasteiger partial charge in [-0.05, 0) is 19.1 Å². The van der Waals surface area contributed by atoms with Crippen LogP contribution in [-0.2, 0) is 0 Å². The van der Waals surface area contributed by atoms with Crippen LogP contribution in [0.1, 0.15) is 12.5 Å². The van der Waals surface area contributed by atoms with E-state index in [1.54, 1.807) is 14.2 Å². The van der Waals surface area contributed by atoms with Gasteiger partial charge in [0, 0.05) is 12.6 Å². The van der Waals surface area contributed by atoms with Crippen molar-refractivity contribution in [1.82, 2.24) is 0 Å². The Morgan fingerprint density at radius 2 is 2.12 bits per heavy atom. The van der Waals surface area contributed by atoms with Crippen LogP contribution >= 0.6 is 11.6 Å². The van der Waals surface area contributed by atoms with Crippen LogP contribution in [0.4, 0.5) is 0 Å². The second kappa shape index (κ2) is 5.56. The molecule has 0 unspecified atom stereocenters. The molecule has 0 aromatic heterocycles. The highest BCUT2D eigenvalue weighted by Gasteiger charge is 2.06. The summed E-state index contributed by atoms with van der Waals surface area (Å²) >= 11 is 6.09. The second-order valence-electron chi connectivity index (χ2n) is 3.27. The molecule has 0 aliphatic rings. The summed E-state index contributed by atoms with van der Waals surface area (Å²) in [6.07, 6.45) is 0. The molecule has 0 aliphatic carbocycles. The molecule has 1 aromatic rings. The van der Waals surface area contributed by atoms with Crippen molar-refractivity contribution in [3.8, 4) is 5.75 Å². The van der Waals surface area contributed by atoms with E-state index in [1.165, 1.54) is 0 Å². The number of halogens is 1. The Morgan fingerprint density at radius 1 is 1.44 bits per heavy atom. The third-order valence-corrected chi connectivity index (χ3v) is 2.75. The van der Waals surface area contributed by atoms with E-state index in [1.807, 2.05) is 31.2 Å². The first-order valence-electron chi connectivity index (χ1n) is 4.83. The Hall–Kier alpha value is -1.48. The van der Waals surface area contributed by atoms with E-state index >= 15 is 0 Å². The Kier molecular flexibility index (Phi) is 4.38. The van der Waals surface area contributed by atoms with E-state index in [0.29, 0.717) is 16.4 Å². The Bertz CT molecular complexity index is 438. The van der Waals surface area contributed by atoms with Crippen molar-refractivity contribution in [3.63, 3.8) is 0 Å². The number of aliphatic imine (C=N–C) groups is 1. The fourth-order valence-electron chi connectivity index (χ4n) is 1.21. The molecule has 86 valence electrons. The van der Waals surface area contributed by atoms with Crippen molar-refractivity contribution in [2.24, 2.45) is 10.7 Å². The number of hydrogen-bond donors (Lipinski definition) is 1. The third kappa shape index (κ3) is 2.76. The summed E-state index contributed by atoms with van der Waals surface area (Å²) in [5.74, 6) is 0.746. The Balaban J connectivity index is 3.17. The van der Waals surface area contributed by atoms with Gasteiger partial charge in [-0.15, -0.1) is 0 Å². The van der Waals surface area contributed by atoms with E-state index in [2.05, 4.69) is 4.99 Å². The molecule has 0 aliphatic heterocycles. The van der Waals surface area contributed by atoms with Crippen LogP contribution in [0.3, 0.4) is 0 Å². The summed E-state index contributed by atoms with van der Waals surface area (Å²) in [5, 5.41) is 0.468. The number of rotatable bonds is 3. The Labute approximate surface area is 101 Å². The summed E-state index contributed by atoms with van der Waals surface area (Å²) in [6.45, 7) is 1.81. The van der Waals surface area contributed by atoms with Crippen molar-refractivity contribution >= 4 is 23.0 Å². The minimum Gasteiger partial charge on any atom is -0.497 e. The SMILES string of the molecule is CN=C(C)C(Cl)=C(N)c1cccc(OC)c1. The molecule has 0 fully saturated rings. The fraction of sp³-hybridized carbons (Fsp3) is 0.250. The van der Waals surface area contributed by atoms with Crippen molar-refractivity contribution in [1.29, 1.82) is 0 Å². The van der Waals surface area contributed by atoms with Gasteiger partial charge < -0.3 is 10.5 Å². The van der Waals surface area contributed by atoms with Gasteiger partial charge in [0.15, 0.2) is 0 Å². The van der Waals surface area contributed by atoms with Crippen molar-refractivity contribution < 1.29 is 4.74 Å². The third-order valence-electron chi connectivity index (χ3n) is 2.27. The minimum atomic E-state index is 0.468. The largest absolute Gasteiger partial charge is 0.497 e. The minimum absolute atomic E-state index is 0.468. The molecule has 0 amide bonds. The monoisotopic (exact) mass is 238 g/mol. The number of nitrogens with zero attached hydrogens (tertiary/aromatic N) is 1. The molecule has 4 heteroatoms. The quantitative estimate of drug-likeness (QED) is 0.823. The second-order valence-corrected chi connectivity index (χ2v) is 3.65. The number of ether oxygens (including phenoxy) is 1. The maximum Gasteiger partial charge on any atom is 0.119 e. The molecule has 0 radical (unpaired) electrons. The average molecular weight is 239 g/mol. The van der Waals surface area contributed by atoms with Gasteiger partial charge >= 0.3 is 0 Å². The first-order valence-corrected chi connectivity index (χ1v) is 5.21. The molecule has 3 nitrogen and oxygen atoms in total. The predicted octanol–water partition coefficient (Wildman–Crippen LogP) is 2.65. The smallest absolute Gasteiger partial charge is 0.119 e. The fourth-order valence-corrected chi connectivity index (χ4v) is 1.40. The van der Waals surface area contributed by atoms with E-state index in [9.17, 15) is 0 Å². The lowest BCUT2D eigenvalue weighted by atomic mass is 10.1. The van der Waals surface area contributed by atoms with Gasteiger partial charge in [-0.3, -0.25) is 4.99 Å². The van der Waals surface area contributed by atoms with E-state index in [0.717, 1.165) is 11.3 Å². The van der Waals surface area contributed by atoms with Crippen LogP contribution in [-0.4, -0.2) is 19.9 Å². The molecule has 0 spiro atoms. The first kappa shape index (κ1) is 12.6. The Morgan fingerprint density at radius 3 is 2.69 bits per heavy atom. The molecular weight excluding hydrogens is 224 g/mol. The molecule has 0 heterocycles. The number of nitrogens with two attached hydrogens (primary N) is 1. The summed E-state index contributed by atoms with van der Waals surface area (Å²) in [5.41, 5.74) is 7.99. The first-order chi connectivity index (χ1) is 7.60. The van der Waals surface area contributed by atoms with Crippen LogP contribution in [0.2, 0.25) is 0 Å². The highest BCUT2D eigenvalue weighted by molar-refractivity contribution is 6.46. The highest BCUT2D eigenvalue weighted by Crippen LogP contribution is 2.21. The van der Waals surface area contributed by atoms with Crippen molar-refractivity contribution in [2.75, 3.05) is 14.2 Å². The van der Waals surface area contributed by atoms with E-state index < -0.39 is 0 Å². The van der Waals surface area contributed by atoms with Gasteiger partial charge in [-0.1, -0.05) is 23.7 Å². The zero-order valence-electron chi connectivity index (χ0n) is 9.62. The van der Waals surface area contributed by atoms with Crippen molar-refractivity contribution in [2.45, 2.75) is 6.92 Å². The van der Waals surface area contributed by atoms with Gasteiger partial charge in [0.1, 0.15) is 5.75 Å². The standard InChI is InChI=1S/C12H15ClN2O/c1-8(15-2)11(13)12(14)9-5-4-6-10(7-9)16-3/h4-7H,14H2,1-3H3. The van der Waals surface area contributed by atoms with Crippen LogP contribution in [0.15, 0.2) is 34.3 Å². The lowest BCUT2D eigenvalue weighted by molar-refractivity contribution is 0.414. The molecule has 0 saturated heterocycles. The maximum atomic E-state index is 6.09. The van der Waals surface area contributed by atoms with E-state index in [4.69, 9.17) is 22.1 Å². The average Bonchev–Trinajstić information content (AvgIpc) is 2.36. The molecule has 0 atom stereocenters. The number of methoxy groups -OCH3 is 1. The predicted molar refractivity (Wildman–Crippen MR) is 69.0 cm³/mol. The summed E-state index contributed by atoms with van der Waals surface area (Å²) in [7, 11) is 3.29. The molecule has 1 rings (SSSR count). The number of benzene rings is 1. The number of allylic oxidation sites excluding steroid dienone is 1. The van der Waals surface area contributed by atoms with Gasteiger partial charge in [0.2, 0.25) is 0 Å². The summed E-state index contributed by atoms with van der Waals surface area (Å²) < 4.78 is 5.12. The lowest BCUT2D eigenvalue weighted by Gasteiger charge is -2.07. The van der Waals surface area contributed by atoms with Gasteiger partial charge in [-0.2, -0.15) is 0 Å². The van der Waals surface area contributed by atoms with E-state index in [-0.39, 0.29) is 0 Å². The molecule has 16 heavy (non-hydrogen) atoms. The van der Waals surface area contributed by atoms with Gasteiger partial charge in [0.05, 0.1) is 23.6 Å². The van der Waals surface area contributed by atoms with Crippen LogP contribution in [0, 0.1) is 0 Å².